The van der Waals surface area contributed by atoms with Gasteiger partial charge in [0.1, 0.15) is 0 Å². The van der Waals surface area contributed by atoms with Crippen LogP contribution in [0, 0.1) is 23.7 Å². The third kappa shape index (κ3) is 3.06. The van der Waals surface area contributed by atoms with Gasteiger partial charge in [0.2, 0.25) is 0 Å². The summed E-state index contributed by atoms with van der Waals surface area (Å²) in [5.74, 6) is 2.33. The molecule has 2 aromatic carbocycles. The van der Waals surface area contributed by atoms with Crippen LogP contribution in [0.5, 0.6) is 0 Å². The van der Waals surface area contributed by atoms with Gasteiger partial charge in [-0.15, -0.1) is 12.3 Å². The summed E-state index contributed by atoms with van der Waals surface area (Å²) < 4.78 is 0. The molecule has 2 nitrogen and oxygen atoms in total. The van der Waals surface area contributed by atoms with Crippen molar-refractivity contribution < 1.29 is 5.11 Å². The van der Waals surface area contributed by atoms with Crippen LogP contribution in [0.3, 0.4) is 0 Å². The molecule has 2 heteroatoms. The van der Waals surface area contributed by atoms with Crippen LogP contribution >= 0.6 is 0 Å². The molecule has 0 fully saturated rings. The number of aliphatic hydroxyl groups excluding tert-OH is 1. The number of hydrogen-bond acceptors (Lipinski definition) is 2. The van der Waals surface area contributed by atoms with Crippen LogP contribution in [0.2, 0.25) is 0 Å². The zero-order chi connectivity index (χ0) is 14.4. The van der Waals surface area contributed by atoms with Crippen molar-refractivity contribution in [1.29, 1.82) is 5.26 Å². The smallest absolute Gasteiger partial charge is 0.0991 e. The molecule has 0 aliphatic heterocycles. The molecule has 0 saturated heterocycles. The fourth-order valence-electron chi connectivity index (χ4n) is 2.30. The Bertz CT molecular complexity index is 632. The first kappa shape index (κ1) is 13.9. The van der Waals surface area contributed by atoms with E-state index in [0.29, 0.717) is 12.0 Å². The maximum absolute atomic E-state index is 10.3. The van der Waals surface area contributed by atoms with Crippen molar-refractivity contribution in [3.63, 3.8) is 0 Å². The lowest BCUT2D eigenvalue weighted by molar-refractivity contribution is 0.162. The zero-order valence-electron chi connectivity index (χ0n) is 11.0. The number of terminal acetylenes is 1. The Balaban J connectivity index is 2.41. The van der Waals surface area contributed by atoms with Crippen LogP contribution in [0.25, 0.3) is 0 Å². The summed E-state index contributed by atoms with van der Waals surface area (Å²) in [5.41, 5.74) is 2.57. The largest absolute Gasteiger partial charge is 0.391 e. The van der Waals surface area contributed by atoms with Crippen LogP contribution in [-0.2, 0) is 0 Å². The first-order valence-corrected chi connectivity index (χ1v) is 6.43. The highest BCUT2D eigenvalue weighted by Gasteiger charge is 2.22. The minimum absolute atomic E-state index is 0.181. The summed E-state index contributed by atoms with van der Waals surface area (Å²) in [6, 6.07) is 19.1. The highest BCUT2D eigenvalue weighted by molar-refractivity contribution is 5.38. The molecular formula is C18H15NO. The standard InChI is InChI=1S/C18H15NO/c1-2-6-17(20)18(15-7-4-3-5-8-15)16-11-9-14(13-19)10-12-16/h1,3-5,7-12,17-18,20H,6H2. The van der Waals surface area contributed by atoms with Gasteiger partial charge in [-0.3, -0.25) is 0 Å². The van der Waals surface area contributed by atoms with Crippen molar-refractivity contribution in [2.75, 3.05) is 0 Å². The summed E-state index contributed by atoms with van der Waals surface area (Å²) in [5, 5.41) is 19.2. The van der Waals surface area contributed by atoms with E-state index in [1.54, 1.807) is 12.1 Å². The van der Waals surface area contributed by atoms with Gasteiger partial charge in [-0.25, -0.2) is 0 Å². The Morgan fingerprint density at radius 1 is 1.00 bits per heavy atom. The summed E-state index contributed by atoms with van der Waals surface area (Å²) in [6.07, 6.45) is 4.96. The van der Waals surface area contributed by atoms with E-state index in [1.807, 2.05) is 42.5 Å². The van der Waals surface area contributed by atoms with Crippen molar-refractivity contribution >= 4 is 0 Å². The highest BCUT2D eigenvalue weighted by atomic mass is 16.3. The van der Waals surface area contributed by atoms with Gasteiger partial charge in [-0.05, 0) is 23.3 Å². The first-order chi connectivity index (χ1) is 9.76. The van der Waals surface area contributed by atoms with E-state index in [2.05, 4.69) is 12.0 Å². The van der Waals surface area contributed by atoms with Crippen molar-refractivity contribution in [1.82, 2.24) is 0 Å². The molecule has 0 radical (unpaired) electrons. The van der Waals surface area contributed by atoms with Gasteiger partial charge >= 0.3 is 0 Å². The van der Waals surface area contributed by atoms with Gasteiger partial charge < -0.3 is 5.11 Å². The summed E-state index contributed by atoms with van der Waals surface area (Å²) in [6.45, 7) is 0. The Labute approximate surface area is 119 Å². The second-order valence-corrected chi connectivity index (χ2v) is 4.60. The minimum atomic E-state index is -0.643. The lowest BCUT2D eigenvalue weighted by Gasteiger charge is -2.22. The van der Waals surface area contributed by atoms with Gasteiger partial charge in [0.15, 0.2) is 0 Å². The second-order valence-electron chi connectivity index (χ2n) is 4.60. The predicted octanol–water partition coefficient (Wildman–Crippen LogP) is 3.07. The summed E-state index contributed by atoms with van der Waals surface area (Å²) in [4.78, 5) is 0. The van der Waals surface area contributed by atoms with E-state index in [-0.39, 0.29) is 5.92 Å². The molecule has 0 saturated carbocycles. The van der Waals surface area contributed by atoms with E-state index in [0.717, 1.165) is 11.1 Å². The van der Waals surface area contributed by atoms with Gasteiger partial charge in [0.05, 0.1) is 17.7 Å². The predicted molar refractivity (Wildman–Crippen MR) is 78.9 cm³/mol. The van der Waals surface area contributed by atoms with Crippen LogP contribution in [0.15, 0.2) is 54.6 Å². The number of hydrogen-bond donors (Lipinski definition) is 1. The number of benzene rings is 2. The summed E-state index contributed by atoms with van der Waals surface area (Å²) in [7, 11) is 0. The molecule has 0 aliphatic carbocycles. The van der Waals surface area contributed by atoms with Crippen molar-refractivity contribution in [2.45, 2.75) is 18.4 Å². The van der Waals surface area contributed by atoms with Crippen LogP contribution in [0.4, 0.5) is 0 Å². The van der Waals surface area contributed by atoms with Crippen LogP contribution in [0.1, 0.15) is 29.0 Å². The SMILES string of the molecule is C#CCC(O)C(c1ccccc1)c1ccc(C#N)cc1. The van der Waals surface area contributed by atoms with Crippen molar-refractivity contribution in [3.05, 3.63) is 71.3 Å². The number of nitriles is 1. The zero-order valence-corrected chi connectivity index (χ0v) is 11.0. The first-order valence-electron chi connectivity index (χ1n) is 6.43. The van der Waals surface area contributed by atoms with Gasteiger partial charge in [0, 0.05) is 12.3 Å². The van der Waals surface area contributed by atoms with Gasteiger partial charge in [-0.2, -0.15) is 5.26 Å². The second kappa shape index (κ2) is 6.57. The number of aliphatic hydroxyl groups is 1. The van der Waals surface area contributed by atoms with E-state index in [4.69, 9.17) is 11.7 Å². The fourth-order valence-corrected chi connectivity index (χ4v) is 2.30. The highest BCUT2D eigenvalue weighted by Crippen LogP contribution is 2.29. The fraction of sp³-hybridized carbons (Fsp3) is 0.167. The molecule has 1 N–H and O–H groups in total. The van der Waals surface area contributed by atoms with E-state index in [9.17, 15) is 5.11 Å². The Morgan fingerprint density at radius 2 is 1.60 bits per heavy atom. The average molecular weight is 261 g/mol. The molecule has 0 heterocycles. The quantitative estimate of drug-likeness (QED) is 0.860. The number of nitrogens with zero attached hydrogens (tertiary/aromatic N) is 1. The summed E-state index contributed by atoms with van der Waals surface area (Å²) >= 11 is 0. The number of rotatable bonds is 4. The molecule has 0 spiro atoms. The van der Waals surface area contributed by atoms with Gasteiger partial charge in [0.25, 0.3) is 0 Å². The minimum Gasteiger partial charge on any atom is -0.391 e. The van der Waals surface area contributed by atoms with E-state index in [1.165, 1.54) is 0 Å². The molecule has 2 aromatic rings. The van der Waals surface area contributed by atoms with Crippen molar-refractivity contribution in [3.8, 4) is 18.4 Å². The molecule has 0 bridgehead atoms. The third-order valence-electron chi connectivity index (χ3n) is 3.27. The van der Waals surface area contributed by atoms with Crippen molar-refractivity contribution in [2.24, 2.45) is 0 Å². The average Bonchev–Trinajstić information content (AvgIpc) is 2.50. The van der Waals surface area contributed by atoms with Crippen LogP contribution in [-0.4, -0.2) is 11.2 Å². The molecule has 0 amide bonds. The lowest BCUT2D eigenvalue weighted by Crippen LogP contribution is -2.19. The molecule has 0 aromatic heterocycles. The molecule has 2 atom stereocenters. The third-order valence-corrected chi connectivity index (χ3v) is 3.27. The molecular weight excluding hydrogens is 246 g/mol. The maximum atomic E-state index is 10.3. The topological polar surface area (TPSA) is 44.0 Å². The lowest BCUT2D eigenvalue weighted by atomic mass is 9.85. The van der Waals surface area contributed by atoms with E-state index < -0.39 is 6.10 Å². The normalized spacial score (nSPS) is 12.9. The Kier molecular flexibility index (Phi) is 4.56. The molecule has 98 valence electrons. The van der Waals surface area contributed by atoms with Gasteiger partial charge in [-0.1, -0.05) is 42.5 Å². The molecule has 20 heavy (non-hydrogen) atoms. The molecule has 0 aliphatic rings. The Morgan fingerprint density at radius 3 is 2.15 bits per heavy atom. The molecule has 2 rings (SSSR count). The van der Waals surface area contributed by atoms with E-state index >= 15 is 0 Å². The maximum Gasteiger partial charge on any atom is 0.0991 e. The van der Waals surface area contributed by atoms with Crippen LogP contribution < -0.4 is 0 Å². The Hall–Kier alpha value is -2.55. The molecule has 2 unspecified atom stereocenters. The monoisotopic (exact) mass is 261 g/mol.